The Balaban J connectivity index is 2.04. The van der Waals surface area contributed by atoms with E-state index < -0.39 is 0 Å². The number of nitrogens with one attached hydrogen (secondary N) is 1. The maximum Gasteiger partial charge on any atom is 0.0570 e. The predicted octanol–water partition coefficient (Wildman–Crippen LogP) is 4.13. The number of anilines is 1. The highest BCUT2D eigenvalue weighted by Gasteiger charge is 2.24. The first kappa shape index (κ1) is 12.9. The van der Waals surface area contributed by atoms with Crippen molar-refractivity contribution in [3.8, 4) is 0 Å². The van der Waals surface area contributed by atoms with Gasteiger partial charge in [-0.2, -0.15) is 0 Å². The van der Waals surface area contributed by atoms with Gasteiger partial charge in [-0.3, -0.25) is 0 Å². The molecular weight excluding hydrogens is 278 g/mol. The molecule has 0 bridgehead atoms. The number of rotatable bonds is 2. The van der Waals surface area contributed by atoms with Crippen LogP contribution in [-0.2, 0) is 4.74 Å². The van der Waals surface area contributed by atoms with Crippen LogP contribution in [-0.4, -0.2) is 18.2 Å². The van der Waals surface area contributed by atoms with Crippen LogP contribution < -0.4 is 5.32 Å². The van der Waals surface area contributed by atoms with Crippen LogP contribution >= 0.6 is 15.9 Å². The van der Waals surface area contributed by atoms with Crippen LogP contribution in [0.4, 0.5) is 5.69 Å². The van der Waals surface area contributed by atoms with Gasteiger partial charge in [0.05, 0.1) is 12.2 Å². The highest BCUT2D eigenvalue weighted by Crippen LogP contribution is 2.25. The summed E-state index contributed by atoms with van der Waals surface area (Å²) in [6.45, 7) is 6.44. The summed E-state index contributed by atoms with van der Waals surface area (Å²) in [5, 5.41) is 3.64. The summed E-state index contributed by atoms with van der Waals surface area (Å²) < 4.78 is 6.89. The van der Waals surface area contributed by atoms with Gasteiger partial charge in [0.1, 0.15) is 0 Å². The van der Waals surface area contributed by atoms with Crippen molar-refractivity contribution in [2.75, 3.05) is 5.32 Å². The molecule has 0 aromatic heterocycles. The van der Waals surface area contributed by atoms with Gasteiger partial charge in [0.25, 0.3) is 0 Å². The monoisotopic (exact) mass is 297 g/mol. The minimum atomic E-state index is 0.354. The molecule has 0 spiro atoms. The van der Waals surface area contributed by atoms with Gasteiger partial charge < -0.3 is 10.1 Å². The van der Waals surface area contributed by atoms with E-state index in [1.807, 2.05) is 0 Å². The van der Waals surface area contributed by atoms with Gasteiger partial charge in [0.2, 0.25) is 0 Å². The Labute approximate surface area is 112 Å². The van der Waals surface area contributed by atoms with Crippen LogP contribution in [0.1, 0.15) is 32.3 Å². The molecule has 1 aliphatic rings. The van der Waals surface area contributed by atoms with Crippen LogP contribution in [0, 0.1) is 6.92 Å². The molecule has 0 saturated carbocycles. The quantitative estimate of drug-likeness (QED) is 0.886. The Morgan fingerprint density at radius 3 is 2.47 bits per heavy atom. The number of hydrogen-bond acceptors (Lipinski definition) is 2. The fourth-order valence-corrected chi connectivity index (χ4v) is 3.01. The molecule has 1 heterocycles. The zero-order valence-corrected chi connectivity index (χ0v) is 12.3. The van der Waals surface area contributed by atoms with Gasteiger partial charge in [-0.15, -0.1) is 0 Å². The summed E-state index contributed by atoms with van der Waals surface area (Å²) >= 11 is 3.49. The molecule has 0 amide bonds. The minimum Gasteiger partial charge on any atom is -0.382 e. The Morgan fingerprint density at radius 1 is 1.24 bits per heavy atom. The van der Waals surface area contributed by atoms with E-state index in [1.165, 1.54) is 11.3 Å². The third-order valence-electron chi connectivity index (χ3n) is 3.25. The van der Waals surface area contributed by atoms with Crippen molar-refractivity contribution in [1.29, 1.82) is 0 Å². The number of ether oxygens (including phenoxy) is 1. The molecule has 17 heavy (non-hydrogen) atoms. The molecule has 1 aromatic rings. The van der Waals surface area contributed by atoms with E-state index in [0.29, 0.717) is 18.2 Å². The molecule has 1 saturated heterocycles. The van der Waals surface area contributed by atoms with E-state index in [0.717, 1.165) is 17.3 Å². The second-order valence-corrected chi connectivity index (χ2v) is 5.94. The van der Waals surface area contributed by atoms with Crippen molar-refractivity contribution < 1.29 is 4.74 Å². The topological polar surface area (TPSA) is 21.3 Å². The summed E-state index contributed by atoms with van der Waals surface area (Å²) in [7, 11) is 0. The average molecular weight is 298 g/mol. The SMILES string of the molecule is Cc1cc(Br)ccc1NC1CC(C)OC(C)C1. The van der Waals surface area contributed by atoms with E-state index in [2.05, 4.69) is 60.2 Å². The summed E-state index contributed by atoms with van der Waals surface area (Å²) in [5.41, 5.74) is 2.52. The molecule has 2 rings (SSSR count). The summed E-state index contributed by atoms with van der Waals surface area (Å²) in [4.78, 5) is 0. The lowest BCUT2D eigenvalue weighted by molar-refractivity contribution is -0.0337. The molecule has 3 heteroatoms. The van der Waals surface area contributed by atoms with Crippen molar-refractivity contribution >= 4 is 21.6 Å². The largest absolute Gasteiger partial charge is 0.382 e. The highest BCUT2D eigenvalue weighted by molar-refractivity contribution is 9.10. The van der Waals surface area contributed by atoms with E-state index in [1.54, 1.807) is 0 Å². The summed E-state index contributed by atoms with van der Waals surface area (Å²) in [6, 6.07) is 6.90. The van der Waals surface area contributed by atoms with E-state index >= 15 is 0 Å². The van der Waals surface area contributed by atoms with Crippen LogP contribution in [0.25, 0.3) is 0 Å². The smallest absolute Gasteiger partial charge is 0.0570 e. The number of aryl methyl sites for hydroxylation is 1. The molecule has 2 unspecified atom stereocenters. The molecule has 2 atom stereocenters. The van der Waals surface area contributed by atoms with Gasteiger partial charge in [0, 0.05) is 16.2 Å². The summed E-state index contributed by atoms with van der Waals surface area (Å²) in [6.07, 6.45) is 2.87. The predicted molar refractivity (Wildman–Crippen MR) is 75.5 cm³/mol. The second-order valence-electron chi connectivity index (χ2n) is 5.03. The molecule has 2 nitrogen and oxygen atoms in total. The van der Waals surface area contributed by atoms with Gasteiger partial charge >= 0.3 is 0 Å². The highest BCUT2D eigenvalue weighted by atomic mass is 79.9. The molecular formula is C14H20BrNO. The van der Waals surface area contributed by atoms with Crippen LogP contribution in [0.15, 0.2) is 22.7 Å². The third kappa shape index (κ3) is 3.46. The summed E-state index contributed by atoms with van der Waals surface area (Å²) in [5.74, 6) is 0. The van der Waals surface area contributed by atoms with Crippen molar-refractivity contribution in [1.82, 2.24) is 0 Å². The fraction of sp³-hybridized carbons (Fsp3) is 0.571. The first-order valence-corrected chi connectivity index (χ1v) is 7.02. The van der Waals surface area contributed by atoms with E-state index in [4.69, 9.17) is 4.74 Å². The number of hydrogen-bond donors (Lipinski definition) is 1. The number of benzene rings is 1. The zero-order chi connectivity index (χ0) is 12.4. The molecule has 0 radical (unpaired) electrons. The fourth-order valence-electron chi connectivity index (χ4n) is 2.53. The average Bonchev–Trinajstić information content (AvgIpc) is 2.21. The lowest BCUT2D eigenvalue weighted by atomic mass is 9.99. The molecule has 1 aliphatic heterocycles. The maximum atomic E-state index is 5.76. The number of halogens is 1. The Kier molecular flexibility index (Phi) is 4.10. The van der Waals surface area contributed by atoms with E-state index in [-0.39, 0.29) is 0 Å². The first-order chi connectivity index (χ1) is 8.04. The Bertz CT molecular complexity index is 384. The van der Waals surface area contributed by atoms with Crippen LogP contribution in [0.3, 0.4) is 0 Å². The standard InChI is InChI=1S/C14H20BrNO/c1-9-6-12(15)4-5-14(9)16-13-7-10(2)17-11(3)8-13/h4-6,10-11,13,16H,7-8H2,1-3H3. The van der Waals surface area contributed by atoms with Gasteiger partial charge in [0.15, 0.2) is 0 Å². The van der Waals surface area contributed by atoms with Crippen molar-refractivity contribution in [2.24, 2.45) is 0 Å². The second kappa shape index (κ2) is 5.40. The van der Waals surface area contributed by atoms with Gasteiger partial charge in [-0.1, -0.05) is 15.9 Å². The van der Waals surface area contributed by atoms with Gasteiger partial charge in [-0.05, 0) is 57.4 Å². The van der Waals surface area contributed by atoms with Crippen LogP contribution in [0.5, 0.6) is 0 Å². The van der Waals surface area contributed by atoms with Crippen molar-refractivity contribution in [2.45, 2.75) is 51.9 Å². The lowest BCUT2D eigenvalue weighted by Crippen LogP contribution is -2.37. The third-order valence-corrected chi connectivity index (χ3v) is 3.74. The first-order valence-electron chi connectivity index (χ1n) is 6.22. The molecule has 1 N–H and O–H groups in total. The van der Waals surface area contributed by atoms with E-state index in [9.17, 15) is 0 Å². The molecule has 0 aliphatic carbocycles. The minimum absolute atomic E-state index is 0.354. The maximum absolute atomic E-state index is 5.76. The Morgan fingerprint density at radius 2 is 1.88 bits per heavy atom. The van der Waals surface area contributed by atoms with Crippen molar-refractivity contribution in [3.05, 3.63) is 28.2 Å². The van der Waals surface area contributed by atoms with Gasteiger partial charge in [-0.25, -0.2) is 0 Å². The van der Waals surface area contributed by atoms with Crippen molar-refractivity contribution in [3.63, 3.8) is 0 Å². The molecule has 1 fully saturated rings. The normalized spacial score (nSPS) is 29.1. The molecule has 1 aromatic carbocycles. The Hall–Kier alpha value is -0.540. The lowest BCUT2D eigenvalue weighted by Gasteiger charge is -2.33. The van der Waals surface area contributed by atoms with Crippen LogP contribution in [0.2, 0.25) is 0 Å². The zero-order valence-electron chi connectivity index (χ0n) is 10.7. The molecule has 94 valence electrons.